The molecule has 3 heteroatoms. The van der Waals surface area contributed by atoms with Gasteiger partial charge in [-0.3, -0.25) is 0 Å². The van der Waals surface area contributed by atoms with Crippen molar-refractivity contribution >= 4 is 0 Å². The number of rotatable bonds is 4. The maximum absolute atomic E-state index is 9.53. The maximum Gasteiger partial charge on any atom is 0.0590 e. The van der Waals surface area contributed by atoms with E-state index in [1.807, 2.05) is 7.05 Å². The van der Waals surface area contributed by atoms with E-state index in [1.54, 1.807) is 0 Å². The summed E-state index contributed by atoms with van der Waals surface area (Å²) in [5, 5.41) is 12.7. The van der Waals surface area contributed by atoms with Gasteiger partial charge >= 0.3 is 0 Å². The lowest BCUT2D eigenvalue weighted by atomic mass is 9.97. The molecule has 1 aliphatic heterocycles. The quantitative estimate of drug-likeness (QED) is 0.620. The predicted molar refractivity (Wildman–Crippen MR) is 54.8 cm³/mol. The minimum absolute atomic E-state index is 0.0689. The zero-order chi connectivity index (χ0) is 9.68. The van der Waals surface area contributed by atoms with Crippen LogP contribution in [0.25, 0.3) is 0 Å². The molecule has 1 rings (SSSR count). The Balaban J connectivity index is 2.14. The van der Waals surface area contributed by atoms with Crippen LogP contribution in [0.2, 0.25) is 0 Å². The Morgan fingerprint density at radius 3 is 2.92 bits per heavy atom. The first-order chi connectivity index (χ1) is 6.24. The summed E-state index contributed by atoms with van der Waals surface area (Å²) in [6, 6.07) is 0. The Bertz CT molecular complexity index is 141. The molecule has 0 radical (unpaired) electrons. The molecule has 0 aromatic rings. The fraction of sp³-hybridized carbons (Fsp3) is 1.00. The number of aliphatic hydroxyl groups is 1. The third kappa shape index (κ3) is 3.63. The molecular formula is C10H22N2O. The van der Waals surface area contributed by atoms with E-state index in [-0.39, 0.29) is 6.10 Å². The molecule has 78 valence electrons. The monoisotopic (exact) mass is 186 g/mol. The highest BCUT2D eigenvalue weighted by molar-refractivity contribution is 4.76. The van der Waals surface area contributed by atoms with Crippen molar-refractivity contribution in [3.8, 4) is 0 Å². The lowest BCUT2D eigenvalue weighted by molar-refractivity contribution is 0.0348. The molecule has 0 aromatic heterocycles. The molecule has 1 fully saturated rings. The smallest absolute Gasteiger partial charge is 0.0590 e. The average Bonchev–Trinajstić information content (AvgIpc) is 2.12. The zero-order valence-corrected chi connectivity index (χ0v) is 8.79. The first-order valence-corrected chi connectivity index (χ1v) is 5.29. The van der Waals surface area contributed by atoms with Crippen LogP contribution in [0.1, 0.15) is 19.8 Å². The first-order valence-electron chi connectivity index (χ1n) is 5.29. The van der Waals surface area contributed by atoms with Gasteiger partial charge in [0.1, 0.15) is 0 Å². The number of likely N-dealkylation sites (tertiary alicyclic amines) is 1. The molecule has 2 unspecified atom stereocenters. The summed E-state index contributed by atoms with van der Waals surface area (Å²) in [4.78, 5) is 2.45. The van der Waals surface area contributed by atoms with Gasteiger partial charge in [-0.2, -0.15) is 0 Å². The summed E-state index contributed by atoms with van der Waals surface area (Å²) < 4.78 is 0. The summed E-state index contributed by atoms with van der Waals surface area (Å²) in [5.74, 6) is 0.448. The number of hydrogen-bond acceptors (Lipinski definition) is 3. The molecule has 0 spiro atoms. The van der Waals surface area contributed by atoms with E-state index < -0.39 is 0 Å². The Hall–Kier alpha value is -0.120. The van der Waals surface area contributed by atoms with E-state index in [0.717, 1.165) is 32.6 Å². The van der Waals surface area contributed by atoms with E-state index in [0.29, 0.717) is 5.92 Å². The molecule has 1 saturated heterocycles. The Labute approximate surface area is 81.1 Å². The SMILES string of the molecule is CNCCCN1CCC(O)C(C)C1. The molecule has 2 atom stereocenters. The van der Waals surface area contributed by atoms with Crippen molar-refractivity contribution in [3.05, 3.63) is 0 Å². The van der Waals surface area contributed by atoms with Crippen LogP contribution in [-0.2, 0) is 0 Å². The normalized spacial score (nSPS) is 30.7. The maximum atomic E-state index is 9.53. The van der Waals surface area contributed by atoms with E-state index in [4.69, 9.17) is 0 Å². The third-order valence-electron chi connectivity index (χ3n) is 2.85. The van der Waals surface area contributed by atoms with Gasteiger partial charge in [-0.25, -0.2) is 0 Å². The van der Waals surface area contributed by atoms with Crippen molar-refractivity contribution in [2.75, 3.05) is 33.2 Å². The molecule has 0 saturated carbocycles. The predicted octanol–water partition coefficient (Wildman–Crippen LogP) is 0.299. The van der Waals surface area contributed by atoms with Gasteiger partial charge in [0, 0.05) is 13.1 Å². The van der Waals surface area contributed by atoms with Crippen LogP contribution in [0, 0.1) is 5.92 Å². The molecule has 0 aromatic carbocycles. The van der Waals surface area contributed by atoms with Gasteiger partial charge in [-0.05, 0) is 38.9 Å². The summed E-state index contributed by atoms with van der Waals surface area (Å²) in [7, 11) is 1.99. The van der Waals surface area contributed by atoms with Gasteiger partial charge in [0.05, 0.1) is 6.10 Å². The van der Waals surface area contributed by atoms with Gasteiger partial charge in [0.15, 0.2) is 0 Å². The van der Waals surface area contributed by atoms with Gasteiger partial charge in [0.25, 0.3) is 0 Å². The number of nitrogens with one attached hydrogen (secondary N) is 1. The van der Waals surface area contributed by atoms with Crippen LogP contribution < -0.4 is 5.32 Å². The highest BCUT2D eigenvalue weighted by Gasteiger charge is 2.23. The molecule has 2 N–H and O–H groups in total. The first kappa shape index (κ1) is 11.0. The van der Waals surface area contributed by atoms with Crippen molar-refractivity contribution < 1.29 is 5.11 Å². The highest BCUT2D eigenvalue weighted by Crippen LogP contribution is 2.16. The zero-order valence-electron chi connectivity index (χ0n) is 8.79. The third-order valence-corrected chi connectivity index (χ3v) is 2.85. The lowest BCUT2D eigenvalue weighted by Crippen LogP contribution is -2.42. The Kier molecular flexibility index (Phi) is 4.70. The fourth-order valence-electron chi connectivity index (χ4n) is 1.90. The van der Waals surface area contributed by atoms with Crippen LogP contribution in [0.4, 0.5) is 0 Å². The van der Waals surface area contributed by atoms with Crippen molar-refractivity contribution in [2.45, 2.75) is 25.9 Å². The second-order valence-corrected chi connectivity index (χ2v) is 4.09. The minimum atomic E-state index is -0.0689. The fourth-order valence-corrected chi connectivity index (χ4v) is 1.90. The molecule has 0 amide bonds. The number of hydrogen-bond donors (Lipinski definition) is 2. The number of piperidine rings is 1. The van der Waals surface area contributed by atoms with Crippen LogP contribution in [0.15, 0.2) is 0 Å². The van der Waals surface area contributed by atoms with E-state index in [2.05, 4.69) is 17.1 Å². The minimum Gasteiger partial charge on any atom is -0.393 e. The van der Waals surface area contributed by atoms with Crippen LogP contribution in [0.5, 0.6) is 0 Å². The van der Waals surface area contributed by atoms with Crippen LogP contribution in [0.3, 0.4) is 0 Å². The largest absolute Gasteiger partial charge is 0.393 e. The van der Waals surface area contributed by atoms with Crippen molar-refractivity contribution in [1.29, 1.82) is 0 Å². The standard InChI is InChI=1S/C10H22N2O/c1-9-8-12(6-3-5-11-2)7-4-10(9)13/h9-11,13H,3-8H2,1-2H3. The summed E-state index contributed by atoms with van der Waals surface area (Å²) >= 11 is 0. The molecule has 3 nitrogen and oxygen atoms in total. The molecule has 1 heterocycles. The van der Waals surface area contributed by atoms with E-state index in [9.17, 15) is 5.11 Å². The topological polar surface area (TPSA) is 35.5 Å². The second-order valence-electron chi connectivity index (χ2n) is 4.09. The average molecular weight is 186 g/mol. The summed E-state index contributed by atoms with van der Waals surface area (Å²) in [6.45, 7) is 6.51. The van der Waals surface area contributed by atoms with E-state index >= 15 is 0 Å². The summed E-state index contributed by atoms with van der Waals surface area (Å²) in [6.07, 6.45) is 2.08. The number of nitrogens with zero attached hydrogens (tertiary/aromatic N) is 1. The van der Waals surface area contributed by atoms with Crippen LogP contribution >= 0.6 is 0 Å². The van der Waals surface area contributed by atoms with Crippen molar-refractivity contribution in [2.24, 2.45) is 5.92 Å². The Morgan fingerprint density at radius 2 is 2.31 bits per heavy atom. The van der Waals surface area contributed by atoms with Crippen molar-refractivity contribution in [1.82, 2.24) is 10.2 Å². The second kappa shape index (κ2) is 5.58. The number of aliphatic hydroxyl groups excluding tert-OH is 1. The van der Waals surface area contributed by atoms with Gasteiger partial charge in [0.2, 0.25) is 0 Å². The highest BCUT2D eigenvalue weighted by atomic mass is 16.3. The molecule has 1 aliphatic rings. The molecule has 0 aliphatic carbocycles. The molecule has 0 bridgehead atoms. The Morgan fingerprint density at radius 1 is 1.54 bits per heavy atom. The molecular weight excluding hydrogens is 164 g/mol. The van der Waals surface area contributed by atoms with E-state index in [1.165, 1.54) is 6.42 Å². The van der Waals surface area contributed by atoms with Gasteiger partial charge in [-0.1, -0.05) is 6.92 Å². The lowest BCUT2D eigenvalue weighted by Gasteiger charge is -2.34. The molecule has 13 heavy (non-hydrogen) atoms. The van der Waals surface area contributed by atoms with Crippen molar-refractivity contribution in [3.63, 3.8) is 0 Å². The van der Waals surface area contributed by atoms with Crippen LogP contribution in [-0.4, -0.2) is 49.3 Å². The summed E-state index contributed by atoms with van der Waals surface area (Å²) in [5.41, 5.74) is 0. The van der Waals surface area contributed by atoms with Gasteiger partial charge < -0.3 is 15.3 Å². The van der Waals surface area contributed by atoms with Gasteiger partial charge in [-0.15, -0.1) is 0 Å².